The first kappa shape index (κ1) is 29.2. The highest BCUT2D eigenvalue weighted by Gasteiger charge is 2.48. The molecule has 1 atom stereocenters. The molecule has 0 saturated heterocycles. The third kappa shape index (κ3) is 4.97. The van der Waals surface area contributed by atoms with Crippen molar-refractivity contribution in [1.82, 2.24) is 10.0 Å². The van der Waals surface area contributed by atoms with Crippen molar-refractivity contribution in [2.75, 3.05) is 7.11 Å². The average molecular weight is 813 g/mol. The first-order chi connectivity index (χ1) is 17.9. The molecule has 0 spiro atoms. The maximum Gasteiger partial charge on any atom is 0.282 e. The van der Waals surface area contributed by atoms with Gasteiger partial charge in [0, 0.05) is 28.5 Å². The number of hydrogen-bond donors (Lipinski definition) is 0. The summed E-state index contributed by atoms with van der Waals surface area (Å²) < 4.78 is 6.71. The molecule has 3 aromatic rings. The van der Waals surface area contributed by atoms with Crippen molar-refractivity contribution in [3.05, 3.63) is 92.7 Å². The normalized spacial score (nSPS) is 13.4. The molecule has 0 N–H and O–H groups in total. The number of benzene rings is 3. The van der Waals surface area contributed by atoms with Crippen molar-refractivity contribution in [3.63, 3.8) is 0 Å². The van der Waals surface area contributed by atoms with Crippen LogP contribution in [-0.4, -0.2) is 46.7 Å². The second-order valence-electron chi connectivity index (χ2n) is 7.97. The van der Waals surface area contributed by atoms with E-state index in [0.717, 1.165) is 5.01 Å². The van der Waals surface area contributed by atoms with Crippen molar-refractivity contribution in [1.29, 1.82) is 0 Å². The highest BCUT2D eigenvalue weighted by atomic mass is 79.9. The minimum atomic E-state index is -1.30. The van der Waals surface area contributed by atoms with Crippen LogP contribution in [0, 0.1) is 0 Å². The molecule has 0 aromatic heterocycles. The summed E-state index contributed by atoms with van der Waals surface area (Å²) in [6.45, 7) is 1.42. The van der Waals surface area contributed by atoms with E-state index in [0.29, 0.717) is 28.6 Å². The van der Waals surface area contributed by atoms with Crippen LogP contribution in [0.15, 0.2) is 60.4 Å². The van der Waals surface area contributed by atoms with Crippen molar-refractivity contribution in [2.24, 2.45) is 0 Å². The average Bonchev–Trinajstić information content (AvgIpc) is 3.15. The lowest BCUT2D eigenvalue weighted by Gasteiger charge is -2.34. The van der Waals surface area contributed by atoms with Gasteiger partial charge in [0.15, 0.2) is 5.78 Å². The van der Waals surface area contributed by atoms with Crippen LogP contribution in [0.4, 0.5) is 0 Å². The number of Topliss-reactive ketones (excluding diaryl/α,β-unsaturated/α-hetero) is 1. The third-order valence-corrected chi connectivity index (χ3v) is 11.1. The third-order valence-electron chi connectivity index (χ3n) is 5.79. The minimum Gasteiger partial charge on any atom is -0.497 e. The van der Waals surface area contributed by atoms with Gasteiger partial charge in [-0.05, 0) is 113 Å². The van der Waals surface area contributed by atoms with Crippen molar-refractivity contribution in [2.45, 2.75) is 13.0 Å². The van der Waals surface area contributed by atoms with E-state index in [1.165, 1.54) is 44.4 Å². The molecule has 3 amide bonds. The SMILES string of the molecule is COc1ccc(C(=O)[C@H](C)N(C(=O)c2ccc(Cl)cc2Cl)N2C(=O)c3c(Br)c(Br)c(Br)c(Br)c3C2=O)cc1. The second kappa shape index (κ2) is 11.4. The number of hydrogen-bond acceptors (Lipinski definition) is 5. The highest BCUT2D eigenvalue weighted by molar-refractivity contribution is 9.15. The summed E-state index contributed by atoms with van der Waals surface area (Å²) in [5.41, 5.74) is 0.215. The van der Waals surface area contributed by atoms with Gasteiger partial charge in [0.05, 0.1) is 28.8 Å². The number of rotatable bonds is 6. The molecule has 13 heteroatoms. The summed E-state index contributed by atoms with van der Waals surface area (Å²) in [6.07, 6.45) is 0. The molecule has 1 aliphatic heterocycles. The Balaban J connectivity index is 1.87. The predicted octanol–water partition coefficient (Wildman–Crippen LogP) is 7.98. The van der Waals surface area contributed by atoms with E-state index >= 15 is 0 Å². The topological polar surface area (TPSA) is 84.0 Å². The Morgan fingerprint density at radius 1 is 0.868 bits per heavy atom. The van der Waals surface area contributed by atoms with Crippen LogP contribution in [0.1, 0.15) is 48.4 Å². The molecule has 196 valence electrons. The number of ketones is 1. The summed E-state index contributed by atoms with van der Waals surface area (Å²) in [5, 5.41) is 1.76. The Morgan fingerprint density at radius 2 is 1.39 bits per heavy atom. The zero-order valence-electron chi connectivity index (χ0n) is 19.3. The van der Waals surface area contributed by atoms with Crippen molar-refractivity contribution >= 4 is 110 Å². The van der Waals surface area contributed by atoms with E-state index in [1.54, 1.807) is 12.1 Å². The van der Waals surface area contributed by atoms with Gasteiger partial charge in [-0.2, -0.15) is 5.01 Å². The van der Waals surface area contributed by atoms with Gasteiger partial charge in [0.1, 0.15) is 11.8 Å². The van der Waals surface area contributed by atoms with Crippen molar-refractivity contribution in [3.8, 4) is 5.75 Å². The molecular weight excluding hydrogens is 799 g/mol. The van der Waals surface area contributed by atoms with Crippen molar-refractivity contribution < 1.29 is 23.9 Å². The zero-order valence-corrected chi connectivity index (χ0v) is 27.2. The largest absolute Gasteiger partial charge is 0.497 e. The summed E-state index contributed by atoms with van der Waals surface area (Å²) in [7, 11) is 1.49. The van der Waals surface area contributed by atoms with Gasteiger partial charge >= 0.3 is 0 Å². The fraction of sp³-hybridized carbons (Fsp3) is 0.120. The number of ether oxygens (including phenoxy) is 1. The minimum absolute atomic E-state index is 0.0129. The molecule has 0 aliphatic carbocycles. The van der Waals surface area contributed by atoms with Crippen LogP contribution in [0.5, 0.6) is 5.75 Å². The quantitative estimate of drug-likeness (QED) is 0.109. The molecule has 38 heavy (non-hydrogen) atoms. The number of hydrazine groups is 1. The summed E-state index contributed by atoms with van der Waals surface area (Å²) in [6, 6.07) is 9.10. The number of methoxy groups -OCH3 is 1. The molecule has 0 fully saturated rings. The number of halogens is 6. The summed E-state index contributed by atoms with van der Waals surface area (Å²) in [4.78, 5) is 55.0. The molecule has 0 saturated carbocycles. The van der Waals surface area contributed by atoms with Crippen LogP contribution >= 0.6 is 86.9 Å². The van der Waals surface area contributed by atoms with E-state index < -0.39 is 29.5 Å². The van der Waals surface area contributed by atoms with Gasteiger partial charge in [-0.15, -0.1) is 0 Å². The Bertz CT molecular complexity index is 1480. The standard InChI is InChI=1S/C25H14Br4Cl2N2O5/c1-10(22(34)11-3-6-13(38-2)7-4-11)32(23(35)14-8-5-12(30)9-15(14)31)33-24(36)16-17(25(33)37)19(27)21(29)20(28)18(16)26/h3-10H,1-2H3/t10-/m0/s1. The van der Waals surface area contributed by atoms with Gasteiger partial charge in [0.25, 0.3) is 17.7 Å². The number of amides is 3. The first-order valence-electron chi connectivity index (χ1n) is 10.6. The first-order valence-corrected chi connectivity index (χ1v) is 14.5. The Hall–Kier alpha value is -1.76. The monoisotopic (exact) mass is 808 g/mol. The fourth-order valence-corrected chi connectivity index (χ4v) is 6.81. The molecule has 0 unspecified atom stereocenters. The molecule has 4 rings (SSSR count). The van der Waals surface area contributed by atoms with Gasteiger partial charge in [0.2, 0.25) is 0 Å². The summed E-state index contributed by atoms with van der Waals surface area (Å²) in [5.74, 6) is -2.46. The molecule has 3 aromatic carbocycles. The number of nitrogens with zero attached hydrogens (tertiary/aromatic N) is 2. The molecule has 0 radical (unpaired) electrons. The summed E-state index contributed by atoms with van der Waals surface area (Å²) >= 11 is 25.8. The zero-order chi connectivity index (χ0) is 28.0. The Kier molecular flexibility index (Phi) is 8.76. The molecule has 7 nitrogen and oxygen atoms in total. The smallest absolute Gasteiger partial charge is 0.282 e. The van der Waals surface area contributed by atoms with Gasteiger partial charge in [-0.3, -0.25) is 19.2 Å². The Labute approximate surface area is 260 Å². The van der Waals surface area contributed by atoms with Crippen LogP contribution in [0.3, 0.4) is 0 Å². The van der Waals surface area contributed by atoms with Crippen LogP contribution in [0.2, 0.25) is 10.0 Å². The predicted molar refractivity (Wildman–Crippen MR) is 157 cm³/mol. The molecular formula is C25H14Br4Cl2N2O5. The van der Waals surface area contributed by atoms with E-state index in [-0.39, 0.29) is 32.3 Å². The maximum atomic E-state index is 13.9. The Morgan fingerprint density at radius 3 is 1.87 bits per heavy atom. The van der Waals surface area contributed by atoms with Gasteiger partial charge in [-0.1, -0.05) is 23.2 Å². The number of imide groups is 1. The van der Waals surface area contributed by atoms with Gasteiger partial charge < -0.3 is 4.74 Å². The molecule has 1 heterocycles. The highest BCUT2D eigenvalue weighted by Crippen LogP contribution is 2.46. The van der Waals surface area contributed by atoms with E-state index in [1.807, 2.05) is 0 Å². The fourth-order valence-electron chi connectivity index (χ4n) is 3.87. The maximum absolute atomic E-state index is 13.9. The number of fused-ring (bicyclic) bond motifs is 1. The second-order valence-corrected chi connectivity index (χ2v) is 12.0. The van der Waals surface area contributed by atoms with Crippen LogP contribution in [-0.2, 0) is 0 Å². The lowest BCUT2D eigenvalue weighted by molar-refractivity contribution is -0.00684. The number of carbonyl (C=O) groups is 4. The van der Waals surface area contributed by atoms with E-state index in [2.05, 4.69) is 63.7 Å². The van der Waals surface area contributed by atoms with Gasteiger partial charge in [-0.25, -0.2) is 5.01 Å². The lowest BCUT2D eigenvalue weighted by atomic mass is 10.0. The van der Waals surface area contributed by atoms with Crippen LogP contribution < -0.4 is 4.74 Å². The molecule has 1 aliphatic rings. The van der Waals surface area contributed by atoms with Crippen LogP contribution in [0.25, 0.3) is 0 Å². The van der Waals surface area contributed by atoms with E-state index in [9.17, 15) is 19.2 Å². The number of carbonyl (C=O) groups excluding carboxylic acids is 4. The lowest BCUT2D eigenvalue weighted by Crippen LogP contribution is -2.56. The van der Waals surface area contributed by atoms with E-state index in [4.69, 9.17) is 27.9 Å². The molecule has 0 bridgehead atoms.